The summed E-state index contributed by atoms with van der Waals surface area (Å²) in [6.07, 6.45) is 0. The highest BCUT2D eigenvalue weighted by atomic mass is 35.5. The number of aryl methyl sites for hydroxylation is 1. The zero-order chi connectivity index (χ0) is 24.7. The molecule has 2 aromatic carbocycles. The Morgan fingerprint density at radius 2 is 1.82 bits per heavy atom. The van der Waals surface area contributed by atoms with Crippen LogP contribution in [0.25, 0.3) is 15.9 Å². The molecule has 1 amide bonds. The van der Waals surface area contributed by atoms with Crippen LogP contribution < -0.4 is 11.2 Å². The fourth-order valence-electron chi connectivity index (χ4n) is 3.68. The Labute approximate surface area is 208 Å². The number of carbonyl (C=O) groups excluding carboxylic acids is 1. The minimum Gasteiger partial charge on any atom is -0.344 e. The molecular formula is C24H18Cl2N4O3S. The first-order chi connectivity index (χ1) is 16.1. The third-order valence-electron chi connectivity index (χ3n) is 5.44. The molecular weight excluding hydrogens is 495 g/mol. The molecule has 34 heavy (non-hydrogen) atoms. The standard InChI is InChI=1S/C24H18Cl2N4O3S/c1-13-19-21(31)30(16-8-9-17(25)18(26)10-16)24(33)29(12-15-7-5-4-6-14(15)11-27)23(19)34-20(13)22(32)28(2)3/h4-10H,12H2,1-3H3. The average Bonchev–Trinajstić information content (AvgIpc) is 3.15. The van der Waals surface area contributed by atoms with Crippen LogP contribution in [0.4, 0.5) is 0 Å². The molecule has 0 saturated heterocycles. The molecule has 4 aromatic rings. The molecule has 0 radical (unpaired) electrons. The van der Waals surface area contributed by atoms with Gasteiger partial charge in [-0.15, -0.1) is 11.3 Å². The first-order valence-electron chi connectivity index (χ1n) is 10.1. The number of thiophene rings is 1. The molecule has 0 N–H and O–H groups in total. The minimum atomic E-state index is -0.617. The van der Waals surface area contributed by atoms with Gasteiger partial charge >= 0.3 is 5.69 Å². The van der Waals surface area contributed by atoms with E-state index in [-0.39, 0.29) is 33.6 Å². The largest absolute Gasteiger partial charge is 0.344 e. The first-order valence-corrected chi connectivity index (χ1v) is 11.7. The number of nitrogens with zero attached hydrogens (tertiary/aromatic N) is 4. The Morgan fingerprint density at radius 1 is 1.12 bits per heavy atom. The highest BCUT2D eigenvalue weighted by Gasteiger charge is 2.25. The van der Waals surface area contributed by atoms with E-state index in [2.05, 4.69) is 6.07 Å². The molecule has 2 aromatic heterocycles. The molecule has 2 heterocycles. The second-order valence-corrected chi connectivity index (χ2v) is 9.63. The molecule has 4 rings (SSSR count). The lowest BCUT2D eigenvalue weighted by atomic mass is 10.1. The van der Waals surface area contributed by atoms with Crippen molar-refractivity contribution < 1.29 is 4.79 Å². The summed E-state index contributed by atoms with van der Waals surface area (Å²) in [5.74, 6) is -0.268. The van der Waals surface area contributed by atoms with E-state index >= 15 is 0 Å². The van der Waals surface area contributed by atoms with Gasteiger partial charge in [-0.2, -0.15) is 5.26 Å². The van der Waals surface area contributed by atoms with Gasteiger partial charge in [-0.1, -0.05) is 41.4 Å². The van der Waals surface area contributed by atoms with E-state index in [4.69, 9.17) is 23.2 Å². The zero-order valence-corrected chi connectivity index (χ0v) is 20.8. The third-order valence-corrected chi connectivity index (χ3v) is 7.48. The molecule has 0 bridgehead atoms. The normalized spacial score (nSPS) is 10.9. The van der Waals surface area contributed by atoms with Crippen molar-refractivity contribution in [3.63, 3.8) is 0 Å². The number of halogens is 2. The van der Waals surface area contributed by atoms with Gasteiger partial charge < -0.3 is 4.90 Å². The van der Waals surface area contributed by atoms with Crippen LogP contribution in [-0.2, 0) is 6.54 Å². The monoisotopic (exact) mass is 512 g/mol. The van der Waals surface area contributed by atoms with Gasteiger partial charge in [0.2, 0.25) is 0 Å². The Morgan fingerprint density at radius 3 is 2.47 bits per heavy atom. The molecule has 0 atom stereocenters. The summed E-state index contributed by atoms with van der Waals surface area (Å²) < 4.78 is 2.43. The second-order valence-electron chi connectivity index (χ2n) is 7.81. The van der Waals surface area contributed by atoms with Crippen LogP contribution in [0.2, 0.25) is 10.0 Å². The van der Waals surface area contributed by atoms with Gasteiger partial charge in [-0.25, -0.2) is 9.36 Å². The summed E-state index contributed by atoms with van der Waals surface area (Å²) in [5.41, 5.74) is 0.579. The summed E-state index contributed by atoms with van der Waals surface area (Å²) in [4.78, 5) is 42.3. The van der Waals surface area contributed by atoms with Gasteiger partial charge in [0.15, 0.2) is 0 Å². The summed E-state index contributed by atoms with van der Waals surface area (Å²) in [5, 5.41) is 10.3. The van der Waals surface area contributed by atoms with E-state index in [9.17, 15) is 19.6 Å². The number of rotatable bonds is 4. The second kappa shape index (κ2) is 9.11. The Hall–Kier alpha value is -3.38. The average molecular weight is 513 g/mol. The van der Waals surface area contributed by atoms with Crippen molar-refractivity contribution in [2.24, 2.45) is 0 Å². The van der Waals surface area contributed by atoms with Gasteiger partial charge in [0.25, 0.3) is 11.5 Å². The molecule has 0 aliphatic carbocycles. The number of amides is 1. The summed E-state index contributed by atoms with van der Waals surface area (Å²) in [6, 6.07) is 13.5. The lowest BCUT2D eigenvalue weighted by Crippen LogP contribution is -2.39. The van der Waals surface area contributed by atoms with Crippen LogP contribution in [0.1, 0.15) is 26.4 Å². The van der Waals surface area contributed by atoms with Gasteiger partial charge in [0, 0.05) is 14.1 Å². The Bertz CT molecular complexity index is 1630. The molecule has 0 fully saturated rings. The van der Waals surface area contributed by atoms with E-state index in [0.29, 0.717) is 26.4 Å². The number of fused-ring (bicyclic) bond motifs is 1. The highest BCUT2D eigenvalue weighted by Crippen LogP contribution is 2.30. The van der Waals surface area contributed by atoms with Crippen molar-refractivity contribution >= 4 is 50.7 Å². The van der Waals surface area contributed by atoms with Gasteiger partial charge in [0.05, 0.1) is 44.2 Å². The zero-order valence-electron chi connectivity index (χ0n) is 18.4. The van der Waals surface area contributed by atoms with Gasteiger partial charge in [-0.05, 0) is 42.3 Å². The predicted molar refractivity (Wildman–Crippen MR) is 135 cm³/mol. The molecule has 0 aliphatic rings. The molecule has 0 saturated carbocycles. The van der Waals surface area contributed by atoms with Crippen molar-refractivity contribution in [3.8, 4) is 11.8 Å². The summed E-state index contributed by atoms with van der Waals surface area (Å²) in [7, 11) is 3.24. The predicted octanol–water partition coefficient (Wildman–Crippen LogP) is 4.45. The lowest BCUT2D eigenvalue weighted by molar-refractivity contribution is 0.0831. The SMILES string of the molecule is Cc1c(C(=O)N(C)C)sc2c1c(=O)n(-c1ccc(Cl)c(Cl)c1)c(=O)n2Cc1ccccc1C#N. The van der Waals surface area contributed by atoms with Crippen LogP contribution in [0, 0.1) is 18.3 Å². The molecule has 172 valence electrons. The molecule has 0 unspecified atom stereocenters. The van der Waals surface area contributed by atoms with E-state index < -0.39 is 11.2 Å². The van der Waals surface area contributed by atoms with Crippen LogP contribution in [0.5, 0.6) is 0 Å². The van der Waals surface area contributed by atoms with Gasteiger partial charge in [0.1, 0.15) is 4.83 Å². The number of hydrogen-bond acceptors (Lipinski definition) is 5. The van der Waals surface area contributed by atoms with Crippen molar-refractivity contribution in [2.75, 3.05) is 14.1 Å². The molecule has 7 nitrogen and oxygen atoms in total. The fourth-order valence-corrected chi connectivity index (χ4v) is 5.29. The maximum absolute atomic E-state index is 13.7. The Balaban J connectivity index is 2.11. The van der Waals surface area contributed by atoms with Crippen molar-refractivity contribution in [1.29, 1.82) is 5.26 Å². The first kappa shape index (κ1) is 23.8. The molecule has 0 aliphatic heterocycles. The quantitative estimate of drug-likeness (QED) is 0.404. The smallest absolute Gasteiger partial charge is 0.337 e. The van der Waals surface area contributed by atoms with E-state index in [1.54, 1.807) is 45.3 Å². The highest BCUT2D eigenvalue weighted by molar-refractivity contribution is 7.20. The number of aromatic nitrogens is 2. The number of nitriles is 1. The Kier molecular flexibility index (Phi) is 6.36. The number of hydrogen-bond donors (Lipinski definition) is 0. The van der Waals surface area contributed by atoms with Gasteiger partial charge in [-0.3, -0.25) is 14.2 Å². The van der Waals surface area contributed by atoms with E-state index in [0.717, 1.165) is 15.9 Å². The minimum absolute atomic E-state index is 0.0379. The molecule has 0 spiro atoms. The topological polar surface area (TPSA) is 88.1 Å². The maximum Gasteiger partial charge on any atom is 0.337 e. The third kappa shape index (κ3) is 3.92. The van der Waals surface area contributed by atoms with Crippen LogP contribution in [0.3, 0.4) is 0 Å². The number of benzene rings is 2. The van der Waals surface area contributed by atoms with E-state index in [1.165, 1.54) is 27.7 Å². The van der Waals surface area contributed by atoms with Crippen molar-refractivity contribution in [1.82, 2.24) is 14.0 Å². The number of carbonyl (C=O) groups is 1. The summed E-state index contributed by atoms with van der Waals surface area (Å²) in [6.45, 7) is 1.73. The van der Waals surface area contributed by atoms with Crippen LogP contribution in [0.15, 0.2) is 52.1 Å². The van der Waals surface area contributed by atoms with Crippen molar-refractivity contribution in [2.45, 2.75) is 13.5 Å². The lowest BCUT2D eigenvalue weighted by Gasteiger charge is -2.13. The maximum atomic E-state index is 13.7. The van der Waals surface area contributed by atoms with E-state index in [1.807, 2.05) is 0 Å². The molecule has 10 heteroatoms. The summed E-state index contributed by atoms with van der Waals surface area (Å²) >= 11 is 13.3. The van der Waals surface area contributed by atoms with Crippen LogP contribution in [-0.4, -0.2) is 34.0 Å². The van der Waals surface area contributed by atoms with Crippen molar-refractivity contribution in [3.05, 3.63) is 94.9 Å². The van der Waals surface area contributed by atoms with Crippen LogP contribution >= 0.6 is 34.5 Å². The fraction of sp³-hybridized carbons (Fsp3) is 0.167.